The van der Waals surface area contributed by atoms with Crippen LogP contribution in [0.2, 0.25) is 0 Å². The van der Waals surface area contributed by atoms with Gasteiger partial charge >= 0.3 is 0 Å². The van der Waals surface area contributed by atoms with Crippen molar-refractivity contribution < 1.29 is 0 Å². The Bertz CT molecular complexity index is 327. The predicted molar refractivity (Wildman–Crippen MR) is 57.8 cm³/mol. The van der Waals surface area contributed by atoms with E-state index < -0.39 is 0 Å². The zero-order chi connectivity index (χ0) is 9.93. The summed E-state index contributed by atoms with van der Waals surface area (Å²) in [4.78, 5) is 0. The molecule has 0 amide bonds. The molecule has 0 nitrogen and oxygen atoms in total. The van der Waals surface area contributed by atoms with Crippen LogP contribution in [0.1, 0.15) is 47.0 Å². The van der Waals surface area contributed by atoms with Crippen molar-refractivity contribution in [2.45, 2.75) is 47.0 Å². The minimum atomic E-state index is 0.810. The van der Waals surface area contributed by atoms with E-state index in [1.807, 2.05) is 0 Å². The summed E-state index contributed by atoms with van der Waals surface area (Å²) in [5.74, 6) is 4.27. The highest BCUT2D eigenvalue weighted by molar-refractivity contribution is 5.51. The van der Waals surface area contributed by atoms with Crippen LogP contribution in [0.15, 0.2) is 0 Å². The molecule has 0 heterocycles. The molecule has 7 atom stereocenters. The molecular formula is C14H22. The maximum atomic E-state index is 2.57. The fourth-order valence-corrected chi connectivity index (χ4v) is 6.91. The van der Waals surface area contributed by atoms with Gasteiger partial charge in [0.25, 0.3) is 0 Å². The van der Waals surface area contributed by atoms with Crippen molar-refractivity contribution in [3.05, 3.63) is 0 Å². The maximum absolute atomic E-state index is 2.57. The van der Waals surface area contributed by atoms with E-state index in [1.165, 1.54) is 6.42 Å². The van der Waals surface area contributed by atoms with Crippen molar-refractivity contribution in [3.63, 3.8) is 0 Å². The van der Waals surface area contributed by atoms with Crippen LogP contribution in [-0.4, -0.2) is 0 Å². The fraction of sp³-hybridized carbons (Fsp3) is 1.00. The van der Waals surface area contributed by atoms with Crippen molar-refractivity contribution >= 4 is 0 Å². The van der Waals surface area contributed by atoms with E-state index in [9.17, 15) is 0 Å². The average Bonchev–Trinajstić information content (AvgIpc) is 3.07. The molecule has 4 rings (SSSR count). The third kappa shape index (κ3) is 0.417. The summed E-state index contributed by atoms with van der Waals surface area (Å²) >= 11 is 0. The Labute approximate surface area is 87.5 Å². The normalized spacial score (nSPS) is 73.3. The summed E-state index contributed by atoms with van der Waals surface area (Å²) in [5, 5.41) is 0. The first kappa shape index (κ1) is 8.19. The van der Waals surface area contributed by atoms with Gasteiger partial charge in [-0.15, -0.1) is 0 Å². The molecule has 0 aromatic rings. The molecule has 0 aromatic heterocycles. The summed E-state index contributed by atoms with van der Waals surface area (Å²) < 4.78 is 0. The smallest absolute Gasteiger partial charge is 0.0137 e. The third-order valence-electron chi connectivity index (χ3n) is 7.42. The summed E-state index contributed by atoms with van der Waals surface area (Å²) in [7, 11) is 0. The maximum Gasteiger partial charge on any atom is -0.0137 e. The molecule has 0 aromatic carbocycles. The fourth-order valence-electron chi connectivity index (χ4n) is 6.91. The molecule has 7 unspecified atom stereocenters. The van der Waals surface area contributed by atoms with Gasteiger partial charge in [0.2, 0.25) is 0 Å². The van der Waals surface area contributed by atoms with Crippen LogP contribution in [0.3, 0.4) is 0 Å². The Morgan fingerprint density at radius 1 is 1.36 bits per heavy atom. The molecule has 0 N–H and O–H groups in total. The van der Waals surface area contributed by atoms with Crippen LogP contribution >= 0.6 is 0 Å². The van der Waals surface area contributed by atoms with Crippen LogP contribution < -0.4 is 0 Å². The van der Waals surface area contributed by atoms with Crippen molar-refractivity contribution in [1.82, 2.24) is 0 Å². The summed E-state index contributed by atoms with van der Waals surface area (Å²) in [6.45, 7) is 10.1. The van der Waals surface area contributed by atoms with E-state index in [2.05, 4.69) is 27.7 Å². The van der Waals surface area contributed by atoms with Gasteiger partial charge in [-0.3, -0.25) is 0 Å². The Morgan fingerprint density at radius 3 is 2.64 bits per heavy atom. The van der Waals surface area contributed by atoms with Gasteiger partial charge in [-0.25, -0.2) is 0 Å². The Kier molecular flexibility index (Phi) is 1.01. The second kappa shape index (κ2) is 1.72. The van der Waals surface area contributed by atoms with Crippen molar-refractivity contribution in [2.75, 3.05) is 0 Å². The zero-order valence-electron chi connectivity index (χ0n) is 9.93. The molecule has 0 radical (unpaired) electrons. The standard InChI is InChI=1S/C14H22/c1-5-8(2)14-9(3)11-6-12(11)7-13(12,14)10(14)4/h8-11H,5-7H2,1-4H3. The van der Waals surface area contributed by atoms with Crippen LogP contribution in [0.5, 0.6) is 0 Å². The van der Waals surface area contributed by atoms with Gasteiger partial charge in [0.05, 0.1) is 0 Å². The SMILES string of the molecule is CCC(C)C12C(C)C3CC34CC41C2C. The van der Waals surface area contributed by atoms with Crippen molar-refractivity contribution in [2.24, 2.45) is 39.9 Å². The monoisotopic (exact) mass is 190 g/mol. The van der Waals surface area contributed by atoms with Crippen molar-refractivity contribution in [3.8, 4) is 0 Å². The Balaban J connectivity index is 1.82. The second-order valence-corrected chi connectivity index (χ2v) is 6.87. The first-order valence-corrected chi connectivity index (χ1v) is 6.59. The minimum Gasteiger partial charge on any atom is -0.0651 e. The van der Waals surface area contributed by atoms with Gasteiger partial charge in [-0.05, 0) is 52.8 Å². The highest BCUT2D eigenvalue weighted by Gasteiger charge is 3.04. The van der Waals surface area contributed by atoms with Gasteiger partial charge < -0.3 is 0 Å². The van der Waals surface area contributed by atoms with E-state index in [0.29, 0.717) is 0 Å². The van der Waals surface area contributed by atoms with Gasteiger partial charge in [0.15, 0.2) is 0 Å². The summed E-state index contributed by atoms with van der Waals surface area (Å²) in [5.41, 5.74) is 2.62. The molecule has 78 valence electrons. The van der Waals surface area contributed by atoms with E-state index in [0.717, 1.165) is 39.9 Å². The minimum absolute atomic E-state index is 0.810. The molecule has 0 aliphatic heterocycles. The highest BCUT2D eigenvalue weighted by atomic mass is 15.1. The first-order valence-electron chi connectivity index (χ1n) is 6.59. The lowest BCUT2D eigenvalue weighted by Crippen LogP contribution is -2.25. The zero-order valence-corrected chi connectivity index (χ0v) is 9.93. The van der Waals surface area contributed by atoms with Gasteiger partial charge in [0.1, 0.15) is 0 Å². The molecule has 2 spiro atoms. The van der Waals surface area contributed by atoms with Gasteiger partial charge in [0, 0.05) is 0 Å². The lowest BCUT2D eigenvalue weighted by Gasteiger charge is -2.30. The first-order chi connectivity index (χ1) is 6.59. The molecule has 4 fully saturated rings. The van der Waals surface area contributed by atoms with Gasteiger partial charge in [-0.2, -0.15) is 0 Å². The number of hydrogen-bond acceptors (Lipinski definition) is 0. The lowest BCUT2D eigenvalue weighted by atomic mass is 9.74. The highest BCUT2D eigenvalue weighted by Crippen LogP contribution is 3.09. The number of rotatable bonds is 2. The second-order valence-electron chi connectivity index (χ2n) is 6.87. The van der Waals surface area contributed by atoms with Crippen LogP contribution in [0, 0.1) is 39.9 Å². The van der Waals surface area contributed by atoms with E-state index in [1.54, 1.807) is 12.8 Å². The van der Waals surface area contributed by atoms with Crippen molar-refractivity contribution in [1.29, 1.82) is 0 Å². The molecule has 4 aliphatic carbocycles. The molecule has 0 heteroatoms. The topological polar surface area (TPSA) is 0 Å². The van der Waals surface area contributed by atoms with Crippen LogP contribution in [-0.2, 0) is 0 Å². The van der Waals surface area contributed by atoms with E-state index >= 15 is 0 Å². The summed E-state index contributed by atoms with van der Waals surface area (Å²) in [6.07, 6.45) is 4.64. The number of hydrogen-bond donors (Lipinski definition) is 0. The van der Waals surface area contributed by atoms with Crippen LogP contribution in [0.25, 0.3) is 0 Å². The summed E-state index contributed by atoms with van der Waals surface area (Å²) in [6, 6.07) is 0. The van der Waals surface area contributed by atoms with E-state index in [-0.39, 0.29) is 0 Å². The predicted octanol–water partition coefficient (Wildman–Crippen LogP) is 3.71. The molecule has 4 aliphatic rings. The van der Waals surface area contributed by atoms with Gasteiger partial charge in [-0.1, -0.05) is 34.1 Å². The molecule has 14 heavy (non-hydrogen) atoms. The third-order valence-corrected chi connectivity index (χ3v) is 7.42. The van der Waals surface area contributed by atoms with E-state index in [4.69, 9.17) is 0 Å². The molecular weight excluding hydrogens is 168 g/mol. The Hall–Kier alpha value is 0. The Morgan fingerprint density at radius 2 is 2.07 bits per heavy atom. The molecule has 4 saturated carbocycles. The lowest BCUT2D eigenvalue weighted by molar-refractivity contribution is 0.176. The average molecular weight is 190 g/mol. The molecule has 0 bridgehead atoms. The largest absolute Gasteiger partial charge is 0.0651 e. The van der Waals surface area contributed by atoms with Crippen LogP contribution in [0.4, 0.5) is 0 Å². The quantitative estimate of drug-likeness (QED) is 0.622. The molecule has 0 saturated heterocycles.